The highest BCUT2D eigenvalue weighted by atomic mass is 16.5. The predicted octanol–water partition coefficient (Wildman–Crippen LogP) is 4.28. The number of ether oxygens (including phenoxy) is 2. The van der Waals surface area contributed by atoms with E-state index in [1.165, 1.54) is 11.7 Å². The molecule has 0 atom stereocenters. The molecule has 0 radical (unpaired) electrons. The topological polar surface area (TPSA) is 82.5 Å². The maximum absolute atomic E-state index is 13.1. The summed E-state index contributed by atoms with van der Waals surface area (Å²) < 4.78 is 12.5. The number of carbonyl (C=O) groups excluding carboxylic acids is 1. The van der Waals surface area contributed by atoms with Crippen LogP contribution in [0.4, 0.5) is 5.69 Å². The lowest BCUT2D eigenvalue weighted by Gasteiger charge is -2.15. The molecule has 1 N–H and O–H groups in total. The van der Waals surface area contributed by atoms with Crippen LogP contribution in [0, 0.1) is 6.92 Å². The molecule has 0 spiro atoms. The zero-order chi connectivity index (χ0) is 23.4. The Bertz CT molecular complexity index is 1360. The summed E-state index contributed by atoms with van der Waals surface area (Å²) >= 11 is 0. The molecule has 3 aromatic carbocycles. The molecule has 1 heterocycles. The molecule has 0 bridgehead atoms. The summed E-state index contributed by atoms with van der Waals surface area (Å²) in [5.41, 5.74) is 2.50. The highest BCUT2D eigenvalue weighted by molar-refractivity contribution is 5.94. The number of nitrogens with zero attached hydrogens (tertiary/aromatic N) is 2. The molecule has 0 aliphatic rings. The first-order valence-electron chi connectivity index (χ1n) is 10.7. The van der Waals surface area contributed by atoms with Crippen molar-refractivity contribution in [1.29, 1.82) is 0 Å². The Labute approximate surface area is 191 Å². The van der Waals surface area contributed by atoms with E-state index in [-0.39, 0.29) is 17.9 Å². The van der Waals surface area contributed by atoms with Gasteiger partial charge in [-0.15, -0.1) is 0 Å². The van der Waals surface area contributed by atoms with Crippen LogP contribution in [0.2, 0.25) is 0 Å². The maximum atomic E-state index is 13.1. The summed E-state index contributed by atoms with van der Waals surface area (Å²) in [5.74, 6) is 1.61. The van der Waals surface area contributed by atoms with E-state index < -0.39 is 0 Å². The van der Waals surface area contributed by atoms with Gasteiger partial charge in [-0.25, -0.2) is 4.98 Å². The van der Waals surface area contributed by atoms with Gasteiger partial charge in [0.05, 0.1) is 42.4 Å². The Kier molecular flexibility index (Phi) is 6.40. The van der Waals surface area contributed by atoms with Gasteiger partial charge in [-0.1, -0.05) is 24.3 Å². The van der Waals surface area contributed by atoms with Crippen molar-refractivity contribution < 1.29 is 14.3 Å². The van der Waals surface area contributed by atoms with Gasteiger partial charge in [0.2, 0.25) is 5.91 Å². The summed E-state index contributed by atoms with van der Waals surface area (Å²) in [5, 5.41) is 3.43. The van der Waals surface area contributed by atoms with Gasteiger partial charge in [0.15, 0.2) is 0 Å². The van der Waals surface area contributed by atoms with Crippen LogP contribution in [0.5, 0.6) is 11.5 Å². The van der Waals surface area contributed by atoms with Crippen LogP contribution in [0.25, 0.3) is 16.6 Å². The summed E-state index contributed by atoms with van der Waals surface area (Å²) in [4.78, 5) is 30.2. The van der Waals surface area contributed by atoms with E-state index in [1.807, 2.05) is 49.4 Å². The number of carbonyl (C=O) groups is 1. The van der Waals surface area contributed by atoms with Crippen molar-refractivity contribution in [1.82, 2.24) is 9.55 Å². The smallest absolute Gasteiger partial charge is 0.265 e. The number of anilines is 1. The number of hydrogen-bond donors (Lipinski definition) is 1. The summed E-state index contributed by atoms with van der Waals surface area (Å²) in [6.45, 7) is 4.30. The lowest BCUT2D eigenvalue weighted by Crippen LogP contribution is -2.22. The fourth-order valence-electron chi connectivity index (χ4n) is 3.72. The van der Waals surface area contributed by atoms with Crippen molar-refractivity contribution in [2.24, 2.45) is 0 Å². The molecule has 0 saturated heterocycles. The Hall–Kier alpha value is -4.13. The number of nitrogens with one attached hydrogen (secondary N) is 1. The number of methoxy groups -OCH3 is 1. The zero-order valence-electron chi connectivity index (χ0n) is 18.8. The molecule has 7 heteroatoms. The van der Waals surface area contributed by atoms with Crippen molar-refractivity contribution in [3.05, 3.63) is 88.5 Å². The molecule has 0 fully saturated rings. The molecule has 1 amide bonds. The van der Waals surface area contributed by atoms with Gasteiger partial charge < -0.3 is 14.8 Å². The van der Waals surface area contributed by atoms with Gasteiger partial charge in [-0.3, -0.25) is 14.2 Å². The third-order valence-corrected chi connectivity index (χ3v) is 5.26. The van der Waals surface area contributed by atoms with Gasteiger partial charge in [-0.2, -0.15) is 0 Å². The fourth-order valence-corrected chi connectivity index (χ4v) is 3.72. The SMILES string of the molecule is CCOc1ccc(CC(=O)Nc2ccc(-n3c(C)nc4ccccc4c3=O)cc2OC)cc1. The van der Waals surface area contributed by atoms with E-state index in [2.05, 4.69) is 10.3 Å². The first kappa shape index (κ1) is 22.1. The Morgan fingerprint density at radius 1 is 1.06 bits per heavy atom. The van der Waals surface area contributed by atoms with Crippen LogP contribution in [-0.4, -0.2) is 29.2 Å². The molecule has 0 aliphatic carbocycles. The van der Waals surface area contributed by atoms with Gasteiger partial charge in [0.25, 0.3) is 5.56 Å². The third-order valence-electron chi connectivity index (χ3n) is 5.26. The Morgan fingerprint density at radius 3 is 2.55 bits per heavy atom. The van der Waals surface area contributed by atoms with Crippen LogP contribution in [0.15, 0.2) is 71.5 Å². The highest BCUT2D eigenvalue weighted by Crippen LogP contribution is 2.28. The van der Waals surface area contributed by atoms with Crippen molar-refractivity contribution in [2.75, 3.05) is 19.0 Å². The number of para-hydroxylation sites is 1. The molecule has 33 heavy (non-hydrogen) atoms. The molecule has 7 nitrogen and oxygen atoms in total. The van der Waals surface area contributed by atoms with Crippen LogP contribution < -0.4 is 20.3 Å². The minimum atomic E-state index is -0.175. The molecule has 0 aliphatic heterocycles. The number of fused-ring (bicyclic) bond motifs is 1. The summed E-state index contributed by atoms with van der Waals surface area (Å²) in [6.07, 6.45) is 0.213. The lowest BCUT2D eigenvalue weighted by atomic mass is 10.1. The van der Waals surface area contributed by atoms with Crippen molar-refractivity contribution in [2.45, 2.75) is 20.3 Å². The number of aromatic nitrogens is 2. The minimum absolute atomic E-state index is 0.160. The number of rotatable bonds is 7. The number of aryl methyl sites for hydroxylation is 1. The molecule has 168 valence electrons. The van der Waals surface area contributed by atoms with Crippen LogP contribution >= 0.6 is 0 Å². The second-order valence-corrected chi connectivity index (χ2v) is 7.50. The molecule has 0 unspecified atom stereocenters. The van der Waals surface area contributed by atoms with Gasteiger partial charge in [-0.05, 0) is 55.8 Å². The van der Waals surface area contributed by atoms with Gasteiger partial charge >= 0.3 is 0 Å². The van der Waals surface area contributed by atoms with Crippen LogP contribution in [0.3, 0.4) is 0 Å². The van der Waals surface area contributed by atoms with Gasteiger partial charge in [0.1, 0.15) is 17.3 Å². The predicted molar refractivity (Wildman–Crippen MR) is 129 cm³/mol. The average Bonchev–Trinajstić information content (AvgIpc) is 2.81. The van der Waals surface area contributed by atoms with Crippen molar-refractivity contribution in [3.8, 4) is 17.2 Å². The number of benzene rings is 3. The van der Waals surface area contributed by atoms with Crippen molar-refractivity contribution in [3.63, 3.8) is 0 Å². The minimum Gasteiger partial charge on any atom is -0.494 e. The number of hydrogen-bond acceptors (Lipinski definition) is 5. The maximum Gasteiger partial charge on any atom is 0.265 e. The molecular weight excluding hydrogens is 418 g/mol. The summed E-state index contributed by atoms with van der Waals surface area (Å²) in [7, 11) is 1.52. The fraction of sp³-hybridized carbons (Fsp3) is 0.192. The van der Waals surface area contributed by atoms with E-state index >= 15 is 0 Å². The molecule has 0 saturated carbocycles. The Morgan fingerprint density at radius 2 is 1.82 bits per heavy atom. The average molecular weight is 444 g/mol. The quantitative estimate of drug-likeness (QED) is 0.461. The van der Waals surface area contributed by atoms with Gasteiger partial charge in [0, 0.05) is 6.07 Å². The largest absolute Gasteiger partial charge is 0.494 e. The molecule has 1 aromatic heterocycles. The second-order valence-electron chi connectivity index (χ2n) is 7.50. The van der Waals surface area contributed by atoms with E-state index in [1.54, 1.807) is 31.2 Å². The van der Waals surface area contributed by atoms with E-state index in [9.17, 15) is 9.59 Å². The van der Waals surface area contributed by atoms with Crippen LogP contribution in [0.1, 0.15) is 18.3 Å². The number of amides is 1. The molecule has 4 rings (SSSR count). The van der Waals surface area contributed by atoms with Crippen molar-refractivity contribution >= 4 is 22.5 Å². The standard InChI is InChI=1S/C26H25N3O4/c1-4-33-20-12-9-18(10-13-20)15-25(30)28-23-14-11-19(16-24(23)32-3)29-17(2)27-22-8-6-5-7-21(22)26(29)31/h5-14,16H,4,15H2,1-3H3,(H,28,30). The Balaban J connectivity index is 1.58. The first-order valence-corrected chi connectivity index (χ1v) is 10.7. The molecular formula is C26H25N3O4. The molecule has 4 aromatic rings. The second kappa shape index (κ2) is 9.56. The monoisotopic (exact) mass is 443 g/mol. The van der Waals surface area contributed by atoms with E-state index in [4.69, 9.17) is 9.47 Å². The summed E-state index contributed by atoms with van der Waals surface area (Å²) in [6, 6.07) is 19.9. The highest BCUT2D eigenvalue weighted by Gasteiger charge is 2.14. The van der Waals surface area contributed by atoms with Crippen LogP contribution in [-0.2, 0) is 11.2 Å². The normalized spacial score (nSPS) is 10.8. The lowest BCUT2D eigenvalue weighted by molar-refractivity contribution is -0.115. The first-order chi connectivity index (χ1) is 16.0. The van der Waals surface area contributed by atoms with E-state index in [0.29, 0.717) is 40.5 Å². The van der Waals surface area contributed by atoms with E-state index in [0.717, 1.165) is 11.3 Å². The third kappa shape index (κ3) is 4.72. The zero-order valence-corrected chi connectivity index (χ0v) is 18.8.